The van der Waals surface area contributed by atoms with Crippen LogP contribution in [0.15, 0.2) is 102 Å². The Hall–Kier alpha value is -2.21. The van der Waals surface area contributed by atoms with E-state index >= 15 is 0 Å². The first-order valence-corrected chi connectivity index (χ1v) is 14.3. The minimum atomic E-state index is -1.79. The van der Waals surface area contributed by atoms with Crippen molar-refractivity contribution in [2.45, 2.75) is 45.2 Å². The SMILES string of the molecule is CCCCCCc1csc(C[P+](c2ccccc2)(c2ccccc2)c2ccccc2)c1. The summed E-state index contributed by atoms with van der Waals surface area (Å²) in [4.78, 5) is 1.51. The van der Waals surface area contributed by atoms with Gasteiger partial charge in [0.15, 0.2) is 0 Å². The minimum Gasteiger partial charge on any atom is -0.145 e. The Balaban J connectivity index is 1.75. The average Bonchev–Trinajstić information content (AvgIpc) is 3.29. The highest BCUT2D eigenvalue weighted by Crippen LogP contribution is 2.58. The smallest absolute Gasteiger partial charge is 0.117 e. The predicted octanol–water partition coefficient (Wildman–Crippen LogP) is 7.37. The van der Waals surface area contributed by atoms with E-state index in [4.69, 9.17) is 0 Å². The zero-order valence-corrected chi connectivity index (χ0v) is 20.1. The van der Waals surface area contributed by atoms with Crippen LogP contribution in [0.3, 0.4) is 0 Å². The number of unbranched alkanes of at least 4 members (excludes halogenated alkanes) is 3. The monoisotopic (exact) mass is 443 g/mol. The van der Waals surface area contributed by atoms with Gasteiger partial charge in [-0.1, -0.05) is 80.8 Å². The van der Waals surface area contributed by atoms with Crippen LogP contribution in [0.2, 0.25) is 0 Å². The summed E-state index contributed by atoms with van der Waals surface area (Å²) in [7, 11) is -1.79. The first-order chi connectivity index (χ1) is 15.3. The Labute approximate surface area is 192 Å². The zero-order valence-electron chi connectivity index (χ0n) is 18.4. The predicted molar refractivity (Wildman–Crippen MR) is 141 cm³/mol. The number of benzene rings is 3. The maximum absolute atomic E-state index is 2.49. The molecule has 0 bridgehead atoms. The fourth-order valence-corrected chi connectivity index (χ4v) is 10.0. The van der Waals surface area contributed by atoms with E-state index in [1.807, 2.05) is 11.3 Å². The van der Waals surface area contributed by atoms with Crippen molar-refractivity contribution in [1.82, 2.24) is 0 Å². The molecule has 0 radical (unpaired) electrons. The highest BCUT2D eigenvalue weighted by atomic mass is 32.1. The quantitative estimate of drug-likeness (QED) is 0.177. The second-order valence-electron chi connectivity index (χ2n) is 8.21. The molecule has 0 aliphatic rings. The second kappa shape index (κ2) is 10.9. The summed E-state index contributed by atoms with van der Waals surface area (Å²) in [6, 6.07) is 36.1. The van der Waals surface area contributed by atoms with E-state index in [-0.39, 0.29) is 0 Å². The molecule has 31 heavy (non-hydrogen) atoms. The minimum absolute atomic E-state index is 1.09. The van der Waals surface area contributed by atoms with Gasteiger partial charge in [0.05, 0.1) is 0 Å². The van der Waals surface area contributed by atoms with Crippen molar-refractivity contribution in [3.05, 3.63) is 113 Å². The van der Waals surface area contributed by atoms with E-state index in [9.17, 15) is 0 Å². The van der Waals surface area contributed by atoms with E-state index in [0.717, 1.165) is 6.16 Å². The maximum atomic E-state index is 2.49. The molecule has 0 aliphatic carbocycles. The molecule has 0 atom stereocenters. The van der Waals surface area contributed by atoms with Gasteiger partial charge in [0.2, 0.25) is 0 Å². The summed E-state index contributed by atoms with van der Waals surface area (Å²) in [5.74, 6) is 0. The van der Waals surface area contributed by atoms with Crippen molar-refractivity contribution in [2.24, 2.45) is 0 Å². The lowest BCUT2D eigenvalue weighted by molar-refractivity contribution is 0.667. The van der Waals surface area contributed by atoms with Gasteiger partial charge in [-0.3, -0.25) is 0 Å². The average molecular weight is 444 g/mol. The lowest BCUT2D eigenvalue weighted by Gasteiger charge is -2.27. The molecule has 4 rings (SSSR count). The molecule has 0 saturated carbocycles. The van der Waals surface area contributed by atoms with Crippen molar-refractivity contribution >= 4 is 34.5 Å². The van der Waals surface area contributed by atoms with Gasteiger partial charge in [-0.25, -0.2) is 0 Å². The van der Waals surface area contributed by atoms with Crippen molar-refractivity contribution in [2.75, 3.05) is 0 Å². The highest BCUT2D eigenvalue weighted by molar-refractivity contribution is 7.95. The molecule has 1 heterocycles. The molecule has 3 aromatic carbocycles. The molecular weight excluding hydrogens is 411 g/mol. The van der Waals surface area contributed by atoms with Crippen molar-refractivity contribution in [3.63, 3.8) is 0 Å². The molecule has 0 amide bonds. The largest absolute Gasteiger partial charge is 0.145 e. The Bertz CT molecular complexity index is 941. The molecule has 0 unspecified atom stereocenters. The van der Waals surface area contributed by atoms with Gasteiger partial charge in [-0.2, -0.15) is 0 Å². The fraction of sp³-hybridized carbons (Fsp3) is 0.241. The molecule has 0 aliphatic heterocycles. The Kier molecular flexibility index (Phi) is 7.73. The second-order valence-corrected chi connectivity index (χ2v) is 12.7. The van der Waals surface area contributed by atoms with Crippen molar-refractivity contribution in [3.8, 4) is 0 Å². The third-order valence-corrected chi connectivity index (χ3v) is 11.6. The lowest BCUT2D eigenvalue weighted by Crippen LogP contribution is -2.32. The number of thiophene rings is 1. The molecule has 0 nitrogen and oxygen atoms in total. The van der Waals surface area contributed by atoms with Gasteiger partial charge in [0.1, 0.15) is 29.3 Å². The summed E-state index contributed by atoms with van der Waals surface area (Å²) < 4.78 is 0. The summed E-state index contributed by atoms with van der Waals surface area (Å²) in [6.45, 7) is 2.28. The summed E-state index contributed by atoms with van der Waals surface area (Å²) in [5.41, 5.74) is 1.52. The van der Waals surface area contributed by atoms with Crippen LogP contribution in [0.25, 0.3) is 0 Å². The molecule has 0 saturated heterocycles. The Morgan fingerprint density at radius 1 is 0.645 bits per heavy atom. The summed E-state index contributed by atoms with van der Waals surface area (Å²) >= 11 is 1.95. The fourth-order valence-electron chi connectivity index (χ4n) is 4.40. The normalized spacial score (nSPS) is 11.5. The number of rotatable bonds is 10. The van der Waals surface area contributed by atoms with Gasteiger partial charge in [-0.15, -0.1) is 11.3 Å². The summed E-state index contributed by atoms with van der Waals surface area (Å²) in [6.07, 6.45) is 7.60. The molecule has 0 N–H and O–H groups in total. The molecule has 1 aromatic heterocycles. The van der Waals surface area contributed by atoms with Crippen LogP contribution in [0.5, 0.6) is 0 Å². The van der Waals surface area contributed by atoms with Crippen LogP contribution < -0.4 is 15.9 Å². The Morgan fingerprint density at radius 3 is 1.65 bits per heavy atom. The first kappa shape index (κ1) is 22.0. The van der Waals surface area contributed by atoms with Crippen LogP contribution in [-0.4, -0.2) is 0 Å². The maximum Gasteiger partial charge on any atom is 0.117 e. The highest BCUT2D eigenvalue weighted by Gasteiger charge is 2.45. The van der Waals surface area contributed by atoms with Gasteiger partial charge in [0.25, 0.3) is 0 Å². The lowest BCUT2D eigenvalue weighted by atomic mass is 10.1. The topological polar surface area (TPSA) is 0 Å². The van der Waals surface area contributed by atoms with Crippen molar-refractivity contribution < 1.29 is 0 Å². The molecule has 158 valence electrons. The zero-order chi connectivity index (χ0) is 21.4. The molecule has 0 spiro atoms. The molecule has 2 heteroatoms. The molecular formula is C29H32PS+. The number of aryl methyl sites for hydroxylation is 1. The van der Waals surface area contributed by atoms with E-state index in [1.54, 1.807) is 0 Å². The first-order valence-electron chi connectivity index (χ1n) is 11.4. The van der Waals surface area contributed by atoms with Crippen LogP contribution in [0, 0.1) is 0 Å². The standard InChI is InChI=1S/C29H32PS/c1-2-3-4-8-15-25-22-29(31-24-25)23-30(26-16-9-5-10-17-26,27-18-11-6-12-19-27)28-20-13-7-14-21-28/h5-7,9-14,16-22,24H,2-4,8,15,23H2,1H3/q+1. The Morgan fingerprint density at radius 2 is 1.16 bits per heavy atom. The van der Waals surface area contributed by atoms with Crippen LogP contribution >= 0.6 is 18.6 Å². The third-order valence-electron chi connectivity index (χ3n) is 6.01. The number of hydrogen-bond acceptors (Lipinski definition) is 1. The van der Waals surface area contributed by atoms with E-state index < -0.39 is 7.26 Å². The molecule has 4 aromatic rings. The molecule has 0 fully saturated rings. The van der Waals surface area contributed by atoms with Gasteiger partial charge in [-0.05, 0) is 66.2 Å². The van der Waals surface area contributed by atoms with Gasteiger partial charge < -0.3 is 0 Å². The van der Waals surface area contributed by atoms with E-state index in [1.165, 1.54) is 58.5 Å². The third kappa shape index (κ3) is 5.17. The number of hydrogen-bond donors (Lipinski definition) is 0. The van der Waals surface area contributed by atoms with E-state index in [0.29, 0.717) is 0 Å². The summed E-state index contributed by atoms with van der Waals surface area (Å²) in [5, 5.41) is 6.79. The van der Waals surface area contributed by atoms with Crippen LogP contribution in [0.4, 0.5) is 0 Å². The van der Waals surface area contributed by atoms with Gasteiger partial charge in [0, 0.05) is 4.88 Å². The van der Waals surface area contributed by atoms with Gasteiger partial charge >= 0.3 is 0 Å². The van der Waals surface area contributed by atoms with Crippen LogP contribution in [-0.2, 0) is 12.6 Å². The van der Waals surface area contributed by atoms with Crippen molar-refractivity contribution in [1.29, 1.82) is 0 Å². The van der Waals surface area contributed by atoms with Crippen LogP contribution in [0.1, 0.15) is 43.0 Å². The van der Waals surface area contributed by atoms with E-state index in [2.05, 4.69) is 109 Å².